The van der Waals surface area contributed by atoms with Gasteiger partial charge in [0.25, 0.3) is 0 Å². The Hall–Kier alpha value is -2.53. The van der Waals surface area contributed by atoms with Crippen LogP contribution in [0.5, 0.6) is 0 Å². The van der Waals surface area contributed by atoms with Gasteiger partial charge in [-0.1, -0.05) is 25.4 Å². The highest BCUT2D eigenvalue weighted by Crippen LogP contribution is 2.38. The number of hydrogen-bond acceptors (Lipinski definition) is 2. The van der Waals surface area contributed by atoms with Crippen LogP contribution in [0.4, 0.5) is 21.9 Å². The quantitative estimate of drug-likeness (QED) is 0.757. The summed E-state index contributed by atoms with van der Waals surface area (Å²) in [7, 11) is 0. The van der Waals surface area contributed by atoms with E-state index in [0.29, 0.717) is 16.4 Å². The third-order valence-electron chi connectivity index (χ3n) is 3.95. The lowest BCUT2D eigenvalue weighted by atomic mass is 9.89. The average Bonchev–Trinajstić information content (AvgIpc) is 2.84. The van der Waals surface area contributed by atoms with Gasteiger partial charge in [-0.05, 0) is 53.9 Å². The number of hydrogen-bond donors (Lipinski definition) is 3. The molecule has 1 aliphatic heterocycles. The minimum absolute atomic E-state index is 0.00256. The van der Waals surface area contributed by atoms with Crippen molar-refractivity contribution >= 4 is 40.6 Å². The maximum absolute atomic E-state index is 12.1. The van der Waals surface area contributed by atoms with Crippen LogP contribution in [-0.4, -0.2) is 11.9 Å². The van der Waals surface area contributed by atoms with Gasteiger partial charge < -0.3 is 16.0 Å². The first-order valence-corrected chi connectivity index (χ1v) is 8.10. The molecule has 1 heterocycles. The molecule has 3 amide bonds. The van der Waals surface area contributed by atoms with Crippen molar-refractivity contribution < 1.29 is 9.59 Å². The van der Waals surface area contributed by atoms with E-state index in [2.05, 4.69) is 16.0 Å². The van der Waals surface area contributed by atoms with Crippen molar-refractivity contribution in [2.45, 2.75) is 19.8 Å². The first-order chi connectivity index (χ1) is 11.4. The van der Waals surface area contributed by atoms with Gasteiger partial charge in [-0.15, -0.1) is 0 Å². The lowest BCUT2D eigenvalue weighted by molar-refractivity contribution is -0.117. The lowest BCUT2D eigenvalue weighted by Gasteiger charge is -2.14. The van der Waals surface area contributed by atoms with E-state index in [1.165, 1.54) is 0 Å². The summed E-state index contributed by atoms with van der Waals surface area (Å²) in [5, 5.41) is 9.01. The predicted octanol–water partition coefficient (Wildman–Crippen LogP) is 4.68. The van der Waals surface area contributed by atoms with E-state index in [9.17, 15) is 9.59 Å². The van der Waals surface area contributed by atoms with E-state index in [-0.39, 0.29) is 23.8 Å². The minimum Gasteiger partial charge on any atom is -0.325 e. The molecule has 1 unspecified atom stereocenters. The summed E-state index contributed by atoms with van der Waals surface area (Å²) in [5.41, 5.74) is 3.01. The number of benzene rings is 2. The van der Waals surface area contributed by atoms with Gasteiger partial charge >= 0.3 is 6.03 Å². The van der Waals surface area contributed by atoms with Crippen molar-refractivity contribution in [3.05, 3.63) is 53.1 Å². The van der Waals surface area contributed by atoms with E-state index in [1.807, 2.05) is 26.0 Å². The number of urea groups is 1. The topological polar surface area (TPSA) is 70.2 Å². The molecule has 0 fully saturated rings. The molecule has 24 heavy (non-hydrogen) atoms. The SMILES string of the molecule is CC(C)C1C(=O)Nc2ccc(NC(=O)Nc3ccc(Cl)cc3)cc21. The second-order valence-corrected chi connectivity index (χ2v) is 6.54. The van der Waals surface area contributed by atoms with Crippen LogP contribution < -0.4 is 16.0 Å². The summed E-state index contributed by atoms with van der Waals surface area (Å²) >= 11 is 5.82. The van der Waals surface area contributed by atoms with Gasteiger partial charge in [-0.3, -0.25) is 4.79 Å². The van der Waals surface area contributed by atoms with Crippen molar-refractivity contribution in [1.29, 1.82) is 0 Å². The van der Waals surface area contributed by atoms with Gasteiger partial charge in [0.15, 0.2) is 0 Å². The first-order valence-electron chi connectivity index (χ1n) is 7.72. The second-order valence-electron chi connectivity index (χ2n) is 6.10. The molecule has 0 saturated heterocycles. The van der Waals surface area contributed by atoms with Crippen molar-refractivity contribution in [3.8, 4) is 0 Å². The summed E-state index contributed by atoms with van der Waals surface area (Å²) in [5.74, 6) is -0.00626. The highest BCUT2D eigenvalue weighted by Gasteiger charge is 2.32. The maximum Gasteiger partial charge on any atom is 0.323 e. The normalized spacial score (nSPS) is 15.8. The highest BCUT2D eigenvalue weighted by atomic mass is 35.5. The van der Waals surface area contributed by atoms with E-state index in [0.717, 1.165) is 11.3 Å². The van der Waals surface area contributed by atoms with Crippen LogP contribution in [-0.2, 0) is 4.79 Å². The number of carbonyl (C=O) groups is 2. The standard InChI is InChI=1S/C18H18ClN3O2/c1-10(2)16-14-9-13(7-8-15(14)22-17(16)23)21-18(24)20-12-5-3-11(19)4-6-12/h3-10,16H,1-2H3,(H,22,23)(H2,20,21,24). The number of fused-ring (bicyclic) bond motifs is 1. The zero-order valence-electron chi connectivity index (χ0n) is 13.4. The van der Waals surface area contributed by atoms with Crippen LogP contribution in [0.3, 0.4) is 0 Å². The minimum atomic E-state index is -0.351. The Balaban J connectivity index is 1.73. The van der Waals surface area contributed by atoms with Gasteiger partial charge in [0.2, 0.25) is 5.91 Å². The van der Waals surface area contributed by atoms with Gasteiger partial charge in [0, 0.05) is 22.1 Å². The zero-order valence-corrected chi connectivity index (χ0v) is 14.1. The van der Waals surface area contributed by atoms with Crippen molar-refractivity contribution in [3.63, 3.8) is 0 Å². The molecule has 5 nitrogen and oxygen atoms in total. The van der Waals surface area contributed by atoms with E-state index in [1.54, 1.807) is 30.3 Å². The molecule has 3 rings (SSSR count). The third kappa shape index (κ3) is 3.36. The monoisotopic (exact) mass is 343 g/mol. The molecule has 0 aliphatic carbocycles. The van der Waals surface area contributed by atoms with Crippen LogP contribution in [0.2, 0.25) is 5.02 Å². The van der Waals surface area contributed by atoms with E-state index in [4.69, 9.17) is 11.6 Å². The second kappa shape index (κ2) is 6.53. The number of carbonyl (C=O) groups excluding carboxylic acids is 2. The van der Waals surface area contributed by atoms with Gasteiger partial charge in [-0.2, -0.15) is 0 Å². The average molecular weight is 344 g/mol. The Labute approximate surface area is 145 Å². The number of halogens is 1. The fraction of sp³-hybridized carbons (Fsp3) is 0.222. The highest BCUT2D eigenvalue weighted by molar-refractivity contribution is 6.30. The molecule has 2 aromatic rings. The Morgan fingerprint density at radius 1 is 1.08 bits per heavy atom. The fourth-order valence-corrected chi connectivity index (χ4v) is 2.98. The molecule has 6 heteroatoms. The molecule has 124 valence electrons. The zero-order chi connectivity index (χ0) is 17.3. The van der Waals surface area contributed by atoms with Gasteiger partial charge in [0.1, 0.15) is 0 Å². The van der Waals surface area contributed by atoms with Crippen LogP contribution in [0.15, 0.2) is 42.5 Å². The van der Waals surface area contributed by atoms with E-state index < -0.39 is 0 Å². The third-order valence-corrected chi connectivity index (χ3v) is 4.21. The summed E-state index contributed by atoms with van der Waals surface area (Å²) < 4.78 is 0. The molecular formula is C18H18ClN3O2. The molecule has 1 atom stereocenters. The molecule has 3 N–H and O–H groups in total. The number of anilines is 3. The lowest BCUT2D eigenvalue weighted by Crippen LogP contribution is -2.19. The number of amides is 3. The molecule has 0 saturated carbocycles. The smallest absolute Gasteiger partial charge is 0.323 e. The maximum atomic E-state index is 12.1. The Kier molecular flexibility index (Phi) is 4.44. The Morgan fingerprint density at radius 3 is 2.38 bits per heavy atom. The van der Waals surface area contributed by atoms with E-state index >= 15 is 0 Å². The van der Waals surface area contributed by atoms with Crippen molar-refractivity contribution in [2.24, 2.45) is 5.92 Å². The molecule has 0 spiro atoms. The van der Waals surface area contributed by atoms with Crippen molar-refractivity contribution in [2.75, 3.05) is 16.0 Å². The molecule has 0 bridgehead atoms. The predicted molar refractivity (Wildman–Crippen MR) is 96.7 cm³/mol. The van der Waals surface area contributed by atoms with Crippen molar-refractivity contribution in [1.82, 2.24) is 0 Å². The summed E-state index contributed by atoms with van der Waals surface area (Å²) in [6.07, 6.45) is 0. The fourth-order valence-electron chi connectivity index (χ4n) is 2.85. The largest absolute Gasteiger partial charge is 0.325 e. The first kappa shape index (κ1) is 16.3. The Bertz CT molecular complexity index is 787. The molecule has 0 radical (unpaired) electrons. The number of nitrogens with one attached hydrogen (secondary N) is 3. The Morgan fingerprint density at radius 2 is 1.71 bits per heavy atom. The van der Waals surface area contributed by atoms with Crippen LogP contribution in [0, 0.1) is 5.92 Å². The summed E-state index contributed by atoms with van der Waals surface area (Å²) in [6, 6.07) is 11.9. The molecular weight excluding hydrogens is 326 g/mol. The van der Waals surface area contributed by atoms with Crippen LogP contribution in [0.1, 0.15) is 25.3 Å². The summed E-state index contributed by atoms with van der Waals surface area (Å²) in [4.78, 5) is 24.2. The summed E-state index contributed by atoms with van der Waals surface area (Å²) in [6.45, 7) is 4.01. The van der Waals surface area contributed by atoms with Gasteiger partial charge in [-0.25, -0.2) is 4.79 Å². The van der Waals surface area contributed by atoms with Crippen LogP contribution in [0.25, 0.3) is 0 Å². The number of rotatable bonds is 3. The molecule has 1 aliphatic rings. The molecule has 0 aromatic heterocycles. The van der Waals surface area contributed by atoms with Crippen LogP contribution >= 0.6 is 11.6 Å². The molecule has 2 aromatic carbocycles. The van der Waals surface area contributed by atoms with Gasteiger partial charge in [0.05, 0.1) is 5.92 Å².